The van der Waals surface area contributed by atoms with Gasteiger partial charge in [0.25, 0.3) is 0 Å². The van der Waals surface area contributed by atoms with Crippen molar-refractivity contribution in [3.8, 4) is 11.5 Å². The van der Waals surface area contributed by atoms with Gasteiger partial charge in [0.15, 0.2) is 0 Å². The molecule has 0 saturated carbocycles. The van der Waals surface area contributed by atoms with Crippen molar-refractivity contribution in [2.45, 2.75) is 19.8 Å². The van der Waals surface area contributed by atoms with Crippen molar-refractivity contribution in [3.05, 3.63) is 53.6 Å². The predicted molar refractivity (Wildman–Crippen MR) is 82.8 cm³/mol. The first-order valence-corrected chi connectivity index (χ1v) is 6.81. The number of methoxy groups -OCH3 is 1. The van der Waals surface area contributed by atoms with E-state index >= 15 is 0 Å². The van der Waals surface area contributed by atoms with Crippen LogP contribution in [0.3, 0.4) is 0 Å². The minimum absolute atomic E-state index is 0.0749. The predicted octanol–water partition coefficient (Wildman–Crippen LogP) is 3.28. The van der Waals surface area contributed by atoms with E-state index in [9.17, 15) is 9.90 Å². The van der Waals surface area contributed by atoms with Crippen LogP contribution in [0.2, 0.25) is 0 Å². The van der Waals surface area contributed by atoms with Gasteiger partial charge in [0, 0.05) is 18.2 Å². The maximum absolute atomic E-state index is 11.9. The quantitative estimate of drug-likeness (QED) is 0.886. The number of carbonyl (C=O) groups excluding carboxylic acids is 1. The zero-order chi connectivity index (χ0) is 15.2. The van der Waals surface area contributed by atoms with Crippen LogP contribution in [0.25, 0.3) is 0 Å². The third-order valence-electron chi connectivity index (χ3n) is 3.29. The molecule has 0 aliphatic rings. The maximum atomic E-state index is 11.9. The molecule has 0 radical (unpaired) electrons. The van der Waals surface area contributed by atoms with Gasteiger partial charge in [-0.1, -0.05) is 18.2 Å². The lowest BCUT2D eigenvalue weighted by Gasteiger charge is -2.07. The Kier molecular flexibility index (Phi) is 4.82. The fourth-order valence-electron chi connectivity index (χ4n) is 1.96. The third kappa shape index (κ3) is 4.24. The highest BCUT2D eigenvalue weighted by Crippen LogP contribution is 2.21. The van der Waals surface area contributed by atoms with Crippen LogP contribution in [0.5, 0.6) is 11.5 Å². The van der Waals surface area contributed by atoms with Crippen molar-refractivity contribution in [2.75, 3.05) is 12.4 Å². The Morgan fingerprint density at radius 1 is 1.19 bits per heavy atom. The van der Waals surface area contributed by atoms with Crippen LogP contribution in [0, 0.1) is 6.92 Å². The number of phenols is 1. The number of benzene rings is 2. The van der Waals surface area contributed by atoms with Crippen LogP contribution < -0.4 is 10.1 Å². The fourth-order valence-corrected chi connectivity index (χ4v) is 1.96. The van der Waals surface area contributed by atoms with E-state index in [-0.39, 0.29) is 11.7 Å². The Labute approximate surface area is 124 Å². The van der Waals surface area contributed by atoms with Crippen molar-refractivity contribution in [3.63, 3.8) is 0 Å². The van der Waals surface area contributed by atoms with E-state index < -0.39 is 0 Å². The van der Waals surface area contributed by atoms with Gasteiger partial charge in [-0.25, -0.2) is 0 Å². The molecular weight excluding hydrogens is 266 g/mol. The second kappa shape index (κ2) is 6.79. The van der Waals surface area contributed by atoms with Crippen molar-refractivity contribution in [1.29, 1.82) is 0 Å². The first-order valence-electron chi connectivity index (χ1n) is 6.81. The molecule has 4 nitrogen and oxygen atoms in total. The van der Waals surface area contributed by atoms with E-state index in [2.05, 4.69) is 5.32 Å². The second-order valence-corrected chi connectivity index (χ2v) is 4.90. The number of phenolic OH excluding ortho intramolecular Hbond substituents is 1. The highest BCUT2D eigenvalue weighted by molar-refractivity contribution is 5.91. The summed E-state index contributed by atoms with van der Waals surface area (Å²) in [4.78, 5) is 11.9. The summed E-state index contributed by atoms with van der Waals surface area (Å²) in [5.41, 5.74) is 2.47. The summed E-state index contributed by atoms with van der Waals surface area (Å²) in [5.74, 6) is 0.912. The number of hydrogen-bond donors (Lipinski definition) is 2. The summed E-state index contributed by atoms with van der Waals surface area (Å²) in [5, 5.41) is 12.4. The topological polar surface area (TPSA) is 58.6 Å². The zero-order valence-electron chi connectivity index (χ0n) is 12.2. The van der Waals surface area contributed by atoms with Crippen LogP contribution in [-0.2, 0) is 11.2 Å². The smallest absolute Gasteiger partial charge is 0.224 e. The molecule has 0 saturated heterocycles. The molecule has 2 aromatic carbocycles. The summed E-state index contributed by atoms with van der Waals surface area (Å²) in [7, 11) is 1.62. The molecule has 2 N–H and O–H groups in total. The summed E-state index contributed by atoms with van der Waals surface area (Å²) >= 11 is 0. The molecule has 0 unspecified atom stereocenters. The molecule has 0 aromatic heterocycles. The molecule has 0 aliphatic carbocycles. The highest BCUT2D eigenvalue weighted by Gasteiger charge is 2.05. The molecule has 0 heterocycles. The van der Waals surface area contributed by atoms with Crippen LogP contribution >= 0.6 is 0 Å². The molecule has 0 aliphatic heterocycles. The first-order chi connectivity index (χ1) is 10.1. The average molecular weight is 285 g/mol. The lowest BCUT2D eigenvalue weighted by Crippen LogP contribution is -2.12. The number of hydrogen-bond acceptors (Lipinski definition) is 3. The Balaban J connectivity index is 1.87. The molecule has 0 atom stereocenters. The lowest BCUT2D eigenvalue weighted by atomic mass is 10.1. The Morgan fingerprint density at radius 3 is 2.52 bits per heavy atom. The molecule has 110 valence electrons. The van der Waals surface area contributed by atoms with Gasteiger partial charge in [0.2, 0.25) is 5.91 Å². The van der Waals surface area contributed by atoms with Crippen molar-refractivity contribution in [2.24, 2.45) is 0 Å². The number of ether oxygens (including phenoxy) is 1. The normalized spacial score (nSPS) is 10.2. The first kappa shape index (κ1) is 14.9. The van der Waals surface area contributed by atoms with Gasteiger partial charge in [0.05, 0.1) is 7.11 Å². The number of nitrogens with one attached hydrogen (secondary N) is 1. The van der Waals surface area contributed by atoms with E-state index in [4.69, 9.17) is 4.74 Å². The third-order valence-corrected chi connectivity index (χ3v) is 3.29. The van der Waals surface area contributed by atoms with Gasteiger partial charge in [-0.15, -0.1) is 0 Å². The van der Waals surface area contributed by atoms with E-state index in [0.717, 1.165) is 16.9 Å². The van der Waals surface area contributed by atoms with Gasteiger partial charge in [-0.3, -0.25) is 4.79 Å². The summed E-state index contributed by atoms with van der Waals surface area (Å²) < 4.78 is 5.09. The van der Waals surface area contributed by atoms with Crippen molar-refractivity contribution in [1.82, 2.24) is 0 Å². The van der Waals surface area contributed by atoms with Gasteiger partial charge in [-0.05, 0) is 42.7 Å². The van der Waals surface area contributed by atoms with Crippen LogP contribution in [0.1, 0.15) is 17.5 Å². The van der Waals surface area contributed by atoms with Crippen LogP contribution in [-0.4, -0.2) is 18.1 Å². The largest absolute Gasteiger partial charge is 0.508 e. The number of aromatic hydroxyl groups is 1. The average Bonchev–Trinajstić information content (AvgIpc) is 2.49. The van der Waals surface area contributed by atoms with Gasteiger partial charge >= 0.3 is 0 Å². The number of carbonyl (C=O) groups is 1. The monoisotopic (exact) mass is 285 g/mol. The summed E-state index contributed by atoms with van der Waals surface area (Å²) in [6.07, 6.45) is 1.05. The number of rotatable bonds is 5. The van der Waals surface area contributed by atoms with E-state index in [1.54, 1.807) is 25.3 Å². The SMILES string of the molecule is COc1ccc(CCC(=O)Nc2ccc(C)c(O)c2)cc1. The Morgan fingerprint density at radius 2 is 1.90 bits per heavy atom. The van der Waals surface area contributed by atoms with Gasteiger partial charge < -0.3 is 15.2 Å². The minimum atomic E-state index is -0.0749. The molecule has 0 fully saturated rings. The number of amides is 1. The Hall–Kier alpha value is -2.49. The zero-order valence-corrected chi connectivity index (χ0v) is 12.2. The van der Waals surface area contributed by atoms with Crippen LogP contribution in [0.15, 0.2) is 42.5 Å². The molecule has 0 spiro atoms. The molecule has 2 aromatic rings. The summed E-state index contributed by atoms with van der Waals surface area (Å²) in [6, 6.07) is 12.8. The van der Waals surface area contributed by atoms with E-state index in [0.29, 0.717) is 18.5 Å². The lowest BCUT2D eigenvalue weighted by molar-refractivity contribution is -0.116. The standard InChI is InChI=1S/C17H19NO3/c1-12-3-7-14(11-16(12)19)18-17(20)10-6-13-4-8-15(21-2)9-5-13/h3-5,7-9,11,19H,6,10H2,1-2H3,(H,18,20). The number of aryl methyl sites for hydroxylation is 2. The van der Waals surface area contributed by atoms with E-state index in [1.165, 1.54) is 0 Å². The van der Waals surface area contributed by atoms with Crippen LogP contribution in [0.4, 0.5) is 5.69 Å². The van der Waals surface area contributed by atoms with E-state index in [1.807, 2.05) is 31.2 Å². The molecule has 2 rings (SSSR count). The summed E-state index contributed by atoms with van der Waals surface area (Å²) in [6.45, 7) is 1.81. The van der Waals surface area contributed by atoms with Crippen molar-refractivity contribution >= 4 is 11.6 Å². The highest BCUT2D eigenvalue weighted by atomic mass is 16.5. The number of anilines is 1. The Bertz CT molecular complexity index is 620. The minimum Gasteiger partial charge on any atom is -0.508 e. The van der Waals surface area contributed by atoms with Gasteiger partial charge in [-0.2, -0.15) is 0 Å². The maximum Gasteiger partial charge on any atom is 0.224 e. The fraction of sp³-hybridized carbons (Fsp3) is 0.235. The molecule has 0 bridgehead atoms. The molecule has 21 heavy (non-hydrogen) atoms. The molecular formula is C17H19NO3. The van der Waals surface area contributed by atoms with Gasteiger partial charge in [0.1, 0.15) is 11.5 Å². The second-order valence-electron chi connectivity index (χ2n) is 4.90. The van der Waals surface area contributed by atoms with Crippen molar-refractivity contribution < 1.29 is 14.6 Å². The molecule has 4 heteroatoms. The molecule has 1 amide bonds.